The summed E-state index contributed by atoms with van der Waals surface area (Å²) in [5.74, 6) is 0.495. The van der Waals surface area contributed by atoms with Crippen LogP contribution in [0.4, 0.5) is 5.95 Å². The second kappa shape index (κ2) is 8.01. The number of nitrogens with one attached hydrogen (secondary N) is 2. The van der Waals surface area contributed by atoms with Gasteiger partial charge in [0, 0.05) is 6.54 Å². The van der Waals surface area contributed by atoms with Crippen LogP contribution in [0.25, 0.3) is 11.0 Å². The molecule has 3 aromatic rings. The first-order chi connectivity index (χ1) is 12.6. The van der Waals surface area contributed by atoms with Gasteiger partial charge in [-0.15, -0.1) is 0 Å². The Morgan fingerprint density at radius 1 is 1.19 bits per heavy atom. The Morgan fingerprint density at radius 3 is 2.69 bits per heavy atom. The smallest absolute Gasteiger partial charge is 0.240 e. The van der Waals surface area contributed by atoms with E-state index in [1.54, 1.807) is 0 Å². The molecule has 1 amide bonds. The van der Waals surface area contributed by atoms with Crippen LogP contribution in [0.1, 0.15) is 24.1 Å². The van der Waals surface area contributed by atoms with Crippen molar-refractivity contribution >= 4 is 22.9 Å². The molecule has 0 saturated heterocycles. The van der Waals surface area contributed by atoms with Gasteiger partial charge in [-0.2, -0.15) is 0 Å². The summed E-state index contributed by atoms with van der Waals surface area (Å²) in [5, 5.41) is 15.2. The number of carbonyl (C=O) groups excluding carboxylic acids is 1. The first kappa shape index (κ1) is 17.9. The van der Waals surface area contributed by atoms with E-state index < -0.39 is 0 Å². The van der Waals surface area contributed by atoms with Gasteiger partial charge in [0.15, 0.2) is 0 Å². The van der Waals surface area contributed by atoms with Crippen LogP contribution in [0.2, 0.25) is 0 Å². The van der Waals surface area contributed by atoms with Gasteiger partial charge >= 0.3 is 0 Å². The third-order valence-corrected chi connectivity index (χ3v) is 4.38. The molecular formula is C20H24N4O2. The number of fused-ring (bicyclic) bond motifs is 1. The lowest BCUT2D eigenvalue weighted by Crippen LogP contribution is -2.31. The second-order valence-electron chi connectivity index (χ2n) is 6.31. The number of rotatable bonds is 7. The minimum atomic E-state index is -0.0871. The summed E-state index contributed by atoms with van der Waals surface area (Å²) in [6, 6.07) is 15.6. The molecule has 26 heavy (non-hydrogen) atoms. The van der Waals surface area contributed by atoms with Gasteiger partial charge in [-0.1, -0.05) is 36.4 Å². The third kappa shape index (κ3) is 3.86. The van der Waals surface area contributed by atoms with E-state index in [0.29, 0.717) is 12.5 Å². The predicted molar refractivity (Wildman–Crippen MR) is 103 cm³/mol. The normalized spacial score (nSPS) is 12.1. The topological polar surface area (TPSA) is 79.2 Å². The van der Waals surface area contributed by atoms with Gasteiger partial charge in [-0.3, -0.25) is 4.79 Å². The Kier molecular flexibility index (Phi) is 5.53. The maximum atomic E-state index is 12.6. The van der Waals surface area contributed by atoms with Gasteiger partial charge < -0.3 is 20.3 Å². The first-order valence-corrected chi connectivity index (χ1v) is 8.75. The number of amides is 1. The SMILES string of the molecule is Cc1ccccc1[C@@H](C)NC(=O)Cn1c(NCCO)nc2ccccc21. The fourth-order valence-electron chi connectivity index (χ4n) is 3.12. The minimum absolute atomic E-state index is 0.000278. The van der Waals surface area contributed by atoms with Crippen LogP contribution in [-0.4, -0.2) is 33.7 Å². The van der Waals surface area contributed by atoms with Crippen LogP contribution in [0, 0.1) is 6.92 Å². The van der Waals surface area contributed by atoms with E-state index in [1.165, 1.54) is 0 Å². The molecule has 0 saturated carbocycles. The van der Waals surface area contributed by atoms with Crippen molar-refractivity contribution < 1.29 is 9.90 Å². The molecule has 2 aromatic carbocycles. The number of aliphatic hydroxyl groups excluding tert-OH is 1. The lowest BCUT2D eigenvalue weighted by Gasteiger charge is -2.17. The lowest BCUT2D eigenvalue weighted by molar-refractivity contribution is -0.122. The molecule has 6 heteroatoms. The van der Waals surface area contributed by atoms with E-state index in [0.717, 1.165) is 22.2 Å². The van der Waals surface area contributed by atoms with Crippen molar-refractivity contribution in [1.82, 2.24) is 14.9 Å². The molecule has 0 unspecified atom stereocenters. The molecule has 0 spiro atoms. The number of para-hydroxylation sites is 2. The summed E-state index contributed by atoms with van der Waals surface area (Å²) in [4.78, 5) is 17.2. The average molecular weight is 352 g/mol. The number of aliphatic hydroxyl groups is 1. The number of hydrogen-bond donors (Lipinski definition) is 3. The molecule has 6 nitrogen and oxygen atoms in total. The van der Waals surface area contributed by atoms with Crippen molar-refractivity contribution in [3.05, 3.63) is 59.7 Å². The number of aromatic nitrogens is 2. The molecule has 1 aromatic heterocycles. The van der Waals surface area contributed by atoms with Crippen LogP contribution in [0.15, 0.2) is 48.5 Å². The van der Waals surface area contributed by atoms with Crippen LogP contribution in [0.3, 0.4) is 0 Å². The first-order valence-electron chi connectivity index (χ1n) is 8.75. The van der Waals surface area contributed by atoms with Crippen molar-refractivity contribution in [2.24, 2.45) is 0 Å². The van der Waals surface area contributed by atoms with Crippen LogP contribution >= 0.6 is 0 Å². The molecule has 0 aliphatic rings. The summed E-state index contributed by atoms with van der Waals surface area (Å²) in [7, 11) is 0. The molecule has 1 heterocycles. The summed E-state index contributed by atoms with van der Waals surface area (Å²) < 4.78 is 1.84. The highest BCUT2D eigenvalue weighted by molar-refractivity contribution is 5.83. The van der Waals surface area contributed by atoms with E-state index >= 15 is 0 Å². The zero-order valence-electron chi connectivity index (χ0n) is 15.1. The van der Waals surface area contributed by atoms with Gasteiger partial charge in [0.05, 0.1) is 23.7 Å². The highest BCUT2D eigenvalue weighted by Crippen LogP contribution is 2.20. The van der Waals surface area contributed by atoms with Crippen molar-refractivity contribution in [3.8, 4) is 0 Å². The average Bonchev–Trinajstić information content (AvgIpc) is 2.97. The minimum Gasteiger partial charge on any atom is -0.395 e. The van der Waals surface area contributed by atoms with E-state index in [4.69, 9.17) is 5.11 Å². The fraction of sp³-hybridized carbons (Fsp3) is 0.300. The predicted octanol–water partition coefficient (Wildman–Crippen LogP) is 2.63. The molecule has 0 aliphatic heterocycles. The van der Waals surface area contributed by atoms with Gasteiger partial charge in [-0.05, 0) is 37.1 Å². The summed E-state index contributed by atoms with van der Waals surface area (Å²) in [6.07, 6.45) is 0. The number of nitrogens with zero attached hydrogens (tertiary/aromatic N) is 2. The maximum Gasteiger partial charge on any atom is 0.240 e. The fourth-order valence-corrected chi connectivity index (χ4v) is 3.12. The second-order valence-corrected chi connectivity index (χ2v) is 6.31. The van der Waals surface area contributed by atoms with E-state index in [-0.39, 0.29) is 25.1 Å². The Labute approximate surface area is 152 Å². The Hall–Kier alpha value is -2.86. The molecule has 136 valence electrons. The maximum absolute atomic E-state index is 12.6. The van der Waals surface area contributed by atoms with Crippen molar-refractivity contribution in [2.45, 2.75) is 26.4 Å². The lowest BCUT2D eigenvalue weighted by atomic mass is 10.0. The largest absolute Gasteiger partial charge is 0.395 e. The van der Waals surface area contributed by atoms with Crippen LogP contribution in [0.5, 0.6) is 0 Å². The van der Waals surface area contributed by atoms with Crippen LogP contribution in [-0.2, 0) is 11.3 Å². The third-order valence-electron chi connectivity index (χ3n) is 4.38. The van der Waals surface area contributed by atoms with Crippen molar-refractivity contribution in [3.63, 3.8) is 0 Å². The molecule has 3 rings (SSSR count). The summed E-state index contributed by atoms with van der Waals surface area (Å²) in [6.45, 7) is 4.56. The molecule has 0 fully saturated rings. The van der Waals surface area contributed by atoms with E-state index in [2.05, 4.69) is 15.6 Å². The number of anilines is 1. The molecular weight excluding hydrogens is 328 g/mol. The monoisotopic (exact) mass is 352 g/mol. The summed E-state index contributed by atoms with van der Waals surface area (Å²) >= 11 is 0. The van der Waals surface area contributed by atoms with Crippen molar-refractivity contribution in [2.75, 3.05) is 18.5 Å². The summed E-state index contributed by atoms with van der Waals surface area (Å²) in [5.41, 5.74) is 3.95. The number of carbonyl (C=O) groups is 1. The Balaban J connectivity index is 1.79. The van der Waals surface area contributed by atoms with Crippen LogP contribution < -0.4 is 10.6 Å². The number of hydrogen-bond acceptors (Lipinski definition) is 4. The highest BCUT2D eigenvalue weighted by atomic mass is 16.3. The quantitative estimate of drug-likeness (QED) is 0.611. The van der Waals surface area contributed by atoms with Gasteiger partial charge in [0.1, 0.15) is 6.54 Å². The molecule has 3 N–H and O–H groups in total. The van der Waals surface area contributed by atoms with Crippen molar-refractivity contribution in [1.29, 1.82) is 0 Å². The molecule has 0 aliphatic carbocycles. The highest BCUT2D eigenvalue weighted by Gasteiger charge is 2.16. The number of imidazole rings is 1. The molecule has 1 atom stereocenters. The Morgan fingerprint density at radius 2 is 1.92 bits per heavy atom. The standard InChI is InChI=1S/C20H24N4O2/c1-14-7-3-4-8-16(14)15(2)22-19(26)13-24-18-10-6-5-9-17(18)23-20(24)21-11-12-25/h3-10,15,25H,11-13H2,1-2H3,(H,21,23)(H,22,26)/t15-/m1/s1. The Bertz CT molecular complexity index is 904. The van der Waals surface area contributed by atoms with Gasteiger partial charge in [-0.25, -0.2) is 4.98 Å². The van der Waals surface area contributed by atoms with Gasteiger partial charge in [0.2, 0.25) is 11.9 Å². The van der Waals surface area contributed by atoms with Gasteiger partial charge in [0.25, 0.3) is 0 Å². The number of aryl methyl sites for hydroxylation is 1. The zero-order valence-corrected chi connectivity index (χ0v) is 15.1. The number of benzene rings is 2. The van der Waals surface area contributed by atoms with E-state index in [9.17, 15) is 4.79 Å². The zero-order chi connectivity index (χ0) is 18.5. The molecule has 0 radical (unpaired) electrons. The van der Waals surface area contributed by atoms with E-state index in [1.807, 2.05) is 66.9 Å². The molecule has 0 bridgehead atoms.